The van der Waals surface area contributed by atoms with Gasteiger partial charge in [0.1, 0.15) is 0 Å². The van der Waals surface area contributed by atoms with E-state index in [1.165, 1.54) is 0 Å². The van der Waals surface area contributed by atoms with Crippen LogP contribution in [0.4, 0.5) is 0 Å². The van der Waals surface area contributed by atoms with Crippen LogP contribution in [0.2, 0.25) is 0 Å². The van der Waals surface area contributed by atoms with Crippen LogP contribution >= 0.6 is 15.9 Å². The summed E-state index contributed by atoms with van der Waals surface area (Å²) in [6, 6.07) is 0. The van der Waals surface area contributed by atoms with Crippen molar-refractivity contribution in [2.75, 3.05) is 19.8 Å². The molecule has 0 aliphatic heterocycles. The lowest BCUT2D eigenvalue weighted by molar-refractivity contribution is 0.0860. The Hall–Kier alpha value is -0.720. The predicted molar refractivity (Wildman–Crippen MR) is 63.6 cm³/mol. The van der Waals surface area contributed by atoms with Crippen molar-refractivity contribution in [2.24, 2.45) is 0 Å². The number of aryl methyl sites for hydroxylation is 1. The first-order valence-electron chi connectivity index (χ1n) is 5.00. The molecule has 0 saturated heterocycles. The van der Waals surface area contributed by atoms with Crippen LogP contribution < -0.4 is 5.69 Å². The van der Waals surface area contributed by atoms with Crippen LogP contribution in [-0.2, 0) is 11.3 Å². The molecule has 90 valence electrons. The highest BCUT2D eigenvalue weighted by Crippen LogP contribution is 2.16. The molecule has 0 atom stereocenters. The molecule has 1 rings (SSSR count). The van der Waals surface area contributed by atoms with Crippen molar-refractivity contribution < 1.29 is 9.84 Å². The van der Waals surface area contributed by atoms with Gasteiger partial charge in [-0.3, -0.25) is 4.57 Å². The lowest BCUT2D eigenvalue weighted by atomic mass is 10.3. The molecule has 5 nitrogen and oxygen atoms in total. The van der Waals surface area contributed by atoms with Crippen LogP contribution in [0.25, 0.3) is 0 Å². The van der Waals surface area contributed by atoms with Crippen molar-refractivity contribution >= 4 is 15.9 Å². The van der Waals surface area contributed by atoms with Gasteiger partial charge in [-0.1, -0.05) is 0 Å². The number of rotatable bonds is 5. The van der Waals surface area contributed by atoms with Crippen LogP contribution in [0.15, 0.2) is 9.27 Å². The Balaban J connectivity index is 2.80. The molecule has 0 fully saturated rings. The SMILES string of the molecule is Cc1nc(=O)n(CCOCCO)c(C)c1Br. The summed E-state index contributed by atoms with van der Waals surface area (Å²) in [5, 5.41) is 8.54. The molecule has 0 aromatic carbocycles. The van der Waals surface area contributed by atoms with E-state index in [0.717, 1.165) is 10.2 Å². The van der Waals surface area contributed by atoms with Crippen LogP contribution in [0, 0.1) is 13.8 Å². The van der Waals surface area contributed by atoms with E-state index in [1.54, 1.807) is 11.5 Å². The first-order valence-corrected chi connectivity index (χ1v) is 5.79. The number of aliphatic hydroxyl groups excluding tert-OH is 1. The first-order chi connectivity index (χ1) is 7.57. The highest BCUT2D eigenvalue weighted by atomic mass is 79.9. The molecule has 1 aromatic heterocycles. The van der Waals surface area contributed by atoms with Gasteiger partial charge in [0.15, 0.2) is 0 Å². The van der Waals surface area contributed by atoms with E-state index < -0.39 is 0 Å². The average Bonchev–Trinajstić information content (AvgIpc) is 2.25. The van der Waals surface area contributed by atoms with Crippen LogP contribution in [-0.4, -0.2) is 34.5 Å². The van der Waals surface area contributed by atoms with E-state index in [9.17, 15) is 4.79 Å². The summed E-state index contributed by atoms with van der Waals surface area (Å²) >= 11 is 3.38. The maximum atomic E-state index is 11.6. The molecule has 0 unspecified atom stereocenters. The minimum atomic E-state index is -0.272. The molecule has 6 heteroatoms. The molecule has 0 saturated carbocycles. The van der Waals surface area contributed by atoms with Gasteiger partial charge in [-0.05, 0) is 29.8 Å². The molecule has 0 aliphatic rings. The van der Waals surface area contributed by atoms with Crippen molar-refractivity contribution in [3.8, 4) is 0 Å². The normalized spacial score (nSPS) is 10.8. The lowest BCUT2D eigenvalue weighted by Gasteiger charge is -2.11. The molecular weight excluding hydrogens is 276 g/mol. The van der Waals surface area contributed by atoms with Crippen LogP contribution in [0.1, 0.15) is 11.4 Å². The minimum absolute atomic E-state index is 0.0102. The number of ether oxygens (including phenoxy) is 1. The molecule has 0 aliphatic carbocycles. The molecule has 0 bridgehead atoms. The van der Waals surface area contributed by atoms with Gasteiger partial charge in [-0.15, -0.1) is 0 Å². The molecule has 0 spiro atoms. The van der Waals surface area contributed by atoms with Crippen molar-refractivity contribution in [1.29, 1.82) is 0 Å². The predicted octanol–water partition coefficient (Wildman–Crippen LogP) is 0.632. The third-order valence-corrected chi connectivity index (χ3v) is 3.38. The van der Waals surface area contributed by atoms with Gasteiger partial charge in [-0.2, -0.15) is 4.98 Å². The summed E-state index contributed by atoms with van der Waals surface area (Å²) in [7, 11) is 0. The third kappa shape index (κ3) is 3.13. The standard InChI is InChI=1S/C10H15BrN2O3/c1-7-9(11)8(2)13(10(15)12-7)3-5-16-6-4-14/h14H,3-6H2,1-2H3. The van der Waals surface area contributed by atoms with Gasteiger partial charge in [0.25, 0.3) is 0 Å². The summed E-state index contributed by atoms with van der Waals surface area (Å²) in [6.07, 6.45) is 0. The zero-order valence-electron chi connectivity index (χ0n) is 9.36. The monoisotopic (exact) mass is 290 g/mol. The number of aromatic nitrogens is 2. The molecule has 1 aromatic rings. The fraction of sp³-hybridized carbons (Fsp3) is 0.600. The Morgan fingerprint density at radius 2 is 2.12 bits per heavy atom. The largest absolute Gasteiger partial charge is 0.394 e. The van der Waals surface area contributed by atoms with Crippen molar-refractivity contribution in [3.05, 3.63) is 26.3 Å². The maximum absolute atomic E-state index is 11.6. The maximum Gasteiger partial charge on any atom is 0.348 e. The highest BCUT2D eigenvalue weighted by Gasteiger charge is 2.08. The fourth-order valence-electron chi connectivity index (χ4n) is 1.36. The summed E-state index contributed by atoms with van der Waals surface area (Å²) in [6.45, 7) is 4.74. The molecule has 16 heavy (non-hydrogen) atoms. The number of nitrogens with zero attached hydrogens (tertiary/aromatic N) is 2. The second-order valence-corrected chi connectivity index (χ2v) is 4.16. The van der Waals surface area contributed by atoms with Gasteiger partial charge in [0.05, 0.1) is 36.5 Å². The van der Waals surface area contributed by atoms with Gasteiger partial charge >= 0.3 is 5.69 Å². The highest BCUT2D eigenvalue weighted by molar-refractivity contribution is 9.10. The zero-order valence-corrected chi connectivity index (χ0v) is 11.0. The van der Waals surface area contributed by atoms with Gasteiger partial charge < -0.3 is 9.84 Å². The van der Waals surface area contributed by atoms with E-state index in [0.29, 0.717) is 18.8 Å². The third-order valence-electron chi connectivity index (χ3n) is 2.23. The summed E-state index contributed by atoms with van der Waals surface area (Å²) in [5.74, 6) is 0. The zero-order chi connectivity index (χ0) is 12.1. The van der Waals surface area contributed by atoms with E-state index in [-0.39, 0.29) is 18.9 Å². The Morgan fingerprint density at radius 3 is 2.75 bits per heavy atom. The molecule has 0 radical (unpaired) electrons. The average molecular weight is 291 g/mol. The van der Waals surface area contributed by atoms with E-state index in [4.69, 9.17) is 9.84 Å². The van der Waals surface area contributed by atoms with Crippen LogP contribution in [0.5, 0.6) is 0 Å². The van der Waals surface area contributed by atoms with Crippen molar-refractivity contribution in [1.82, 2.24) is 9.55 Å². The quantitative estimate of drug-likeness (QED) is 0.808. The molecule has 0 amide bonds. The van der Waals surface area contributed by atoms with Gasteiger partial charge in [0.2, 0.25) is 0 Å². The lowest BCUT2D eigenvalue weighted by Crippen LogP contribution is -2.28. The van der Waals surface area contributed by atoms with Gasteiger partial charge in [-0.25, -0.2) is 4.79 Å². The minimum Gasteiger partial charge on any atom is -0.394 e. The van der Waals surface area contributed by atoms with Crippen molar-refractivity contribution in [3.63, 3.8) is 0 Å². The van der Waals surface area contributed by atoms with E-state index in [2.05, 4.69) is 20.9 Å². The van der Waals surface area contributed by atoms with Crippen molar-refractivity contribution in [2.45, 2.75) is 20.4 Å². The fourth-order valence-corrected chi connectivity index (χ4v) is 1.67. The molecule has 1 N–H and O–H groups in total. The Morgan fingerprint density at radius 1 is 1.44 bits per heavy atom. The first kappa shape index (κ1) is 13.3. The second kappa shape index (κ2) is 6.12. The Bertz CT molecular complexity index is 417. The number of aliphatic hydroxyl groups is 1. The number of hydrogen-bond acceptors (Lipinski definition) is 4. The van der Waals surface area contributed by atoms with Gasteiger partial charge in [0, 0.05) is 5.69 Å². The summed E-state index contributed by atoms with van der Waals surface area (Å²) in [4.78, 5) is 15.5. The Labute approximate surface area is 102 Å². The Kier molecular flexibility index (Phi) is 5.11. The molecular formula is C10H15BrN2O3. The van der Waals surface area contributed by atoms with E-state index >= 15 is 0 Å². The summed E-state index contributed by atoms with van der Waals surface area (Å²) in [5.41, 5.74) is 1.26. The van der Waals surface area contributed by atoms with Crippen LogP contribution in [0.3, 0.4) is 0 Å². The smallest absolute Gasteiger partial charge is 0.348 e. The number of halogens is 1. The topological polar surface area (TPSA) is 64.4 Å². The summed E-state index contributed by atoms with van der Waals surface area (Å²) < 4.78 is 7.51. The second-order valence-electron chi connectivity index (χ2n) is 3.37. The molecule has 1 heterocycles. The number of hydrogen-bond donors (Lipinski definition) is 1. The van der Waals surface area contributed by atoms with E-state index in [1.807, 2.05) is 6.92 Å².